The Hall–Kier alpha value is -0.530. The molecule has 17 heavy (non-hydrogen) atoms. The second-order valence-electron chi connectivity index (χ2n) is 5.02. The third kappa shape index (κ3) is 1.71. The van der Waals surface area contributed by atoms with Crippen molar-refractivity contribution < 1.29 is 28.5 Å². The van der Waals surface area contributed by atoms with Gasteiger partial charge in [-0.2, -0.15) is 0 Å². The van der Waals surface area contributed by atoms with Crippen molar-refractivity contribution in [2.24, 2.45) is 0 Å². The Kier molecular flexibility index (Phi) is 2.37. The molecule has 3 saturated heterocycles. The first-order chi connectivity index (χ1) is 7.92. The molecule has 6 heteroatoms. The molecule has 1 spiro atoms. The van der Waals surface area contributed by atoms with Crippen molar-refractivity contribution in [3.8, 4) is 0 Å². The Bertz CT molecular complexity index is 354. The highest BCUT2D eigenvalue weighted by molar-refractivity contribution is 5.91. The first kappa shape index (κ1) is 11.6. The molecule has 0 amide bonds. The molecule has 4 atom stereocenters. The van der Waals surface area contributed by atoms with Crippen LogP contribution in [0.3, 0.4) is 0 Å². The second-order valence-corrected chi connectivity index (χ2v) is 5.02. The zero-order valence-corrected chi connectivity index (χ0v) is 10.1. The van der Waals surface area contributed by atoms with Crippen molar-refractivity contribution in [1.29, 1.82) is 0 Å². The maximum atomic E-state index is 12.3. The summed E-state index contributed by atoms with van der Waals surface area (Å²) in [6.07, 6.45) is -1.34. The van der Waals surface area contributed by atoms with Crippen molar-refractivity contribution >= 4 is 5.78 Å². The molecule has 0 bridgehead atoms. The summed E-state index contributed by atoms with van der Waals surface area (Å²) in [6.45, 7) is 5.63. The van der Waals surface area contributed by atoms with E-state index in [1.807, 2.05) is 0 Å². The third-order valence-electron chi connectivity index (χ3n) is 3.18. The monoisotopic (exact) mass is 244 g/mol. The minimum absolute atomic E-state index is 0.0970. The van der Waals surface area contributed by atoms with E-state index in [0.29, 0.717) is 0 Å². The van der Waals surface area contributed by atoms with E-state index in [-0.39, 0.29) is 31.4 Å². The molecule has 2 unspecified atom stereocenters. The Morgan fingerprint density at radius 2 is 2.00 bits per heavy atom. The third-order valence-corrected chi connectivity index (χ3v) is 3.18. The molecule has 0 saturated carbocycles. The van der Waals surface area contributed by atoms with Gasteiger partial charge in [0.2, 0.25) is 5.78 Å². The second kappa shape index (κ2) is 3.49. The number of rotatable bonds is 0. The molecule has 6 nitrogen and oxygen atoms in total. The standard InChI is InChI=1S/C11H16O6/c1-6-15-7-4-13-11(9(12)8(7)16-6)5-14-10(2,3)17-11/h6-8H,4-5H2,1-3H3/t6?,7-,8?,11+/m1/s1. The van der Waals surface area contributed by atoms with Crippen LogP contribution in [0.5, 0.6) is 0 Å². The maximum absolute atomic E-state index is 12.3. The summed E-state index contributed by atoms with van der Waals surface area (Å²) >= 11 is 0. The van der Waals surface area contributed by atoms with Crippen molar-refractivity contribution in [3.05, 3.63) is 0 Å². The molecular weight excluding hydrogens is 228 g/mol. The lowest BCUT2D eigenvalue weighted by molar-refractivity contribution is -0.263. The van der Waals surface area contributed by atoms with E-state index in [4.69, 9.17) is 23.7 Å². The van der Waals surface area contributed by atoms with Gasteiger partial charge < -0.3 is 23.7 Å². The fraction of sp³-hybridized carbons (Fsp3) is 0.909. The van der Waals surface area contributed by atoms with Crippen LogP contribution in [0.4, 0.5) is 0 Å². The fourth-order valence-electron chi connectivity index (χ4n) is 2.42. The van der Waals surface area contributed by atoms with Crippen LogP contribution < -0.4 is 0 Å². The average Bonchev–Trinajstić information content (AvgIpc) is 2.75. The van der Waals surface area contributed by atoms with Crippen LogP contribution in [0.1, 0.15) is 20.8 Å². The van der Waals surface area contributed by atoms with Crippen molar-refractivity contribution in [2.75, 3.05) is 13.2 Å². The first-order valence-electron chi connectivity index (χ1n) is 5.75. The van der Waals surface area contributed by atoms with Gasteiger partial charge >= 0.3 is 0 Å². The molecule has 3 aliphatic heterocycles. The summed E-state index contributed by atoms with van der Waals surface area (Å²) in [5.41, 5.74) is 0. The molecule has 0 aromatic carbocycles. The van der Waals surface area contributed by atoms with Gasteiger partial charge in [0.1, 0.15) is 12.7 Å². The number of Topliss-reactive ketones (excluding diaryl/α,β-unsaturated/α-hetero) is 1. The Morgan fingerprint density at radius 1 is 1.24 bits per heavy atom. The predicted molar refractivity (Wildman–Crippen MR) is 54.0 cm³/mol. The first-order valence-corrected chi connectivity index (χ1v) is 5.75. The minimum Gasteiger partial charge on any atom is -0.344 e. The van der Waals surface area contributed by atoms with Gasteiger partial charge in [-0.1, -0.05) is 0 Å². The van der Waals surface area contributed by atoms with Crippen LogP contribution in [0.25, 0.3) is 0 Å². The van der Waals surface area contributed by atoms with Crippen molar-refractivity contribution in [2.45, 2.75) is 50.8 Å². The molecule has 0 radical (unpaired) electrons. The molecule has 3 fully saturated rings. The normalized spacial score (nSPS) is 48.6. The highest BCUT2D eigenvalue weighted by Gasteiger charge is 2.60. The Labute approximate surface area is 99.1 Å². The molecular formula is C11H16O6. The quantitative estimate of drug-likeness (QED) is 0.606. The fourth-order valence-corrected chi connectivity index (χ4v) is 2.42. The lowest BCUT2D eigenvalue weighted by Crippen LogP contribution is -2.58. The number of fused-ring (bicyclic) bond motifs is 1. The highest BCUT2D eigenvalue weighted by atomic mass is 16.8. The van der Waals surface area contributed by atoms with Crippen LogP contribution in [0, 0.1) is 0 Å². The lowest BCUT2D eigenvalue weighted by Gasteiger charge is -2.35. The van der Waals surface area contributed by atoms with Gasteiger partial charge in [-0.05, 0) is 20.8 Å². The van der Waals surface area contributed by atoms with Gasteiger partial charge in [0.15, 0.2) is 18.2 Å². The molecule has 96 valence electrons. The minimum atomic E-state index is -1.32. The number of ketones is 1. The zero-order chi connectivity index (χ0) is 12.3. The van der Waals surface area contributed by atoms with E-state index < -0.39 is 17.7 Å². The van der Waals surface area contributed by atoms with E-state index in [1.165, 1.54) is 0 Å². The van der Waals surface area contributed by atoms with Gasteiger partial charge in [-0.3, -0.25) is 4.79 Å². The highest BCUT2D eigenvalue weighted by Crippen LogP contribution is 2.39. The summed E-state index contributed by atoms with van der Waals surface area (Å²) in [5.74, 6) is -2.38. The van der Waals surface area contributed by atoms with Gasteiger partial charge in [0.05, 0.1) is 6.61 Å². The van der Waals surface area contributed by atoms with E-state index in [9.17, 15) is 4.79 Å². The molecule has 0 aliphatic carbocycles. The summed E-state index contributed by atoms with van der Waals surface area (Å²) in [5, 5.41) is 0. The largest absolute Gasteiger partial charge is 0.344 e. The van der Waals surface area contributed by atoms with Crippen molar-refractivity contribution in [3.63, 3.8) is 0 Å². The SMILES string of the molecule is CC1OC2C(=O)[C@@]3(COC(C)(C)O3)OC[C@H]2O1. The van der Waals surface area contributed by atoms with E-state index in [1.54, 1.807) is 20.8 Å². The summed E-state index contributed by atoms with van der Waals surface area (Å²) < 4.78 is 27.4. The van der Waals surface area contributed by atoms with E-state index >= 15 is 0 Å². The zero-order valence-electron chi connectivity index (χ0n) is 10.1. The van der Waals surface area contributed by atoms with Gasteiger partial charge in [-0.25, -0.2) is 0 Å². The predicted octanol–water partition coefficient (Wildman–Crippen LogP) is 0.195. The molecule has 0 aromatic heterocycles. The Balaban J connectivity index is 1.83. The molecule has 0 N–H and O–H groups in total. The number of carbonyl (C=O) groups excluding carboxylic acids is 1. The van der Waals surface area contributed by atoms with Gasteiger partial charge in [0.25, 0.3) is 5.79 Å². The van der Waals surface area contributed by atoms with E-state index in [2.05, 4.69) is 0 Å². The summed E-state index contributed by atoms with van der Waals surface area (Å²) in [6, 6.07) is 0. The number of hydrogen-bond acceptors (Lipinski definition) is 6. The Morgan fingerprint density at radius 3 is 2.65 bits per heavy atom. The smallest absolute Gasteiger partial charge is 0.258 e. The average molecular weight is 244 g/mol. The van der Waals surface area contributed by atoms with Crippen LogP contribution in [0.2, 0.25) is 0 Å². The van der Waals surface area contributed by atoms with Crippen LogP contribution in [-0.2, 0) is 28.5 Å². The molecule has 3 aliphatic rings. The lowest BCUT2D eigenvalue weighted by atomic mass is 9.99. The summed E-state index contributed by atoms with van der Waals surface area (Å²) in [4.78, 5) is 12.3. The number of ether oxygens (including phenoxy) is 5. The van der Waals surface area contributed by atoms with Crippen LogP contribution in [0.15, 0.2) is 0 Å². The molecule has 0 aromatic rings. The van der Waals surface area contributed by atoms with Gasteiger partial charge in [0, 0.05) is 0 Å². The van der Waals surface area contributed by atoms with Gasteiger partial charge in [-0.15, -0.1) is 0 Å². The number of hydrogen-bond donors (Lipinski definition) is 0. The molecule has 3 heterocycles. The topological polar surface area (TPSA) is 63.2 Å². The summed E-state index contributed by atoms with van der Waals surface area (Å²) in [7, 11) is 0. The van der Waals surface area contributed by atoms with E-state index in [0.717, 1.165) is 0 Å². The molecule has 3 rings (SSSR count). The van der Waals surface area contributed by atoms with Crippen LogP contribution >= 0.6 is 0 Å². The van der Waals surface area contributed by atoms with Crippen LogP contribution in [-0.4, -0.2) is 49.1 Å². The number of carbonyl (C=O) groups is 1. The van der Waals surface area contributed by atoms with Crippen molar-refractivity contribution in [1.82, 2.24) is 0 Å². The maximum Gasteiger partial charge on any atom is 0.258 e.